The lowest BCUT2D eigenvalue weighted by Gasteiger charge is -2.38. The van der Waals surface area contributed by atoms with Crippen LogP contribution in [-0.4, -0.2) is 16.5 Å². The molecule has 1 aliphatic rings. The minimum Gasteiger partial charge on any atom is -0.474 e. The van der Waals surface area contributed by atoms with Crippen molar-refractivity contribution in [3.05, 3.63) is 45.9 Å². The van der Waals surface area contributed by atoms with Gasteiger partial charge >= 0.3 is 0 Å². The second-order valence-electron chi connectivity index (χ2n) is 5.76. The van der Waals surface area contributed by atoms with E-state index in [-0.39, 0.29) is 12.5 Å². The smallest absolute Gasteiger partial charge is 0.272 e. The molecule has 120 valence electrons. The van der Waals surface area contributed by atoms with Gasteiger partial charge in [-0.2, -0.15) is 0 Å². The third-order valence-electron chi connectivity index (χ3n) is 3.62. The molecular formula is C16H15Cl2N3O2. The maximum Gasteiger partial charge on any atom is 0.272 e. The van der Waals surface area contributed by atoms with Gasteiger partial charge in [-0.25, -0.2) is 4.98 Å². The lowest BCUT2D eigenvalue weighted by Crippen LogP contribution is -2.52. The van der Waals surface area contributed by atoms with Crippen LogP contribution in [0.4, 0.5) is 11.6 Å². The van der Waals surface area contributed by atoms with Crippen LogP contribution >= 0.6 is 23.2 Å². The van der Waals surface area contributed by atoms with Crippen LogP contribution in [0.2, 0.25) is 10.0 Å². The van der Waals surface area contributed by atoms with E-state index in [0.29, 0.717) is 33.0 Å². The lowest BCUT2D eigenvalue weighted by molar-refractivity contribution is -0.132. The van der Waals surface area contributed by atoms with Crippen molar-refractivity contribution in [1.29, 1.82) is 0 Å². The van der Waals surface area contributed by atoms with Crippen molar-refractivity contribution in [3.63, 3.8) is 0 Å². The standard InChI is InChI=1S/C16H15Cl2N3O2/c1-16(2)15(22)21(8-9-10(17)4-3-5-11(9)18)14-12(23-16)6-7-13(19)20-14/h3-7H,8H2,1-2H3,(H2,19,20). The van der Waals surface area contributed by atoms with Crippen LogP contribution in [-0.2, 0) is 11.3 Å². The molecule has 0 fully saturated rings. The van der Waals surface area contributed by atoms with Crippen LogP contribution in [0.25, 0.3) is 0 Å². The van der Waals surface area contributed by atoms with E-state index >= 15 is 0 Å². The van der Waals surface area contributed by atoms with E-state index in [2.05, 4.69) is 4.98 Å². The number of hydrogen-bond acceptors (Lipinski definition) is 4. The number of fused-ring (bicyclic) bond motifs is 1. The molecule has 0 radical (unpaired) electrons. The number of halogens is 2. The number of pyridine rings is 1. The second-order valence-corrected chi connectivity index (χ2v) is 6.58. The van der Waals surface area contributed by atoms with E-state index in [1.807, 2.05) is 0 Å². The second kappa shape index (κ2) is 5.58. The zero-order valence-corrected chi connectivity index (χ0v) is 14.1. The van der Waals surface area contributed by atoms with Crippen molar-refractivity contribution in [3.8, 4) is 5.75 Å². The van der Waals surface area contributed by atoms with Gasteiger partial charge in [-0.05, 0) is 38.1 Å². The van der Waals surface area contributed by atoms with Gasteiger partial charge in [0.25, 0.3) is 5.91 Å². The Hall–Kier alpha value is -1.98. The topological polar surface area (TPSA) is 68.5 Å². The third kappa shape index (κ3) is 2.82. The van der Waals surface area contributed by atoms with Gasteiger partial charge in [0, 0.05) is 15.6 Å². The summed E-state index contributed by atoms with van der Waals surface area (Å²) < 4.78 is 5.74. The van der Waals surface area contributed by atoms with E-state index < -0.39 is 5.60 Å². The van der Waals surface area contributed by atoms with Gasteiger partial charge < -0.3 is 10.5 Å². The van der Waals surface area contributed by atoms with Crippen LogP contribution in [0.1, 0.15) is 19.4 Å². The molecule has 23 heavy (non-hydrogen) atoms. The van der Waals surface area contributed by atoms with E-state index in [9.17, 15) is 4.79 Å². The molecule has 2 N–H and O–H groups in total. The van der Waals surface area contributed by atoms with E-state index in [1.54, 1.807) is 44.2 Å². The molecule has 1 amide bonds. The Kier molecular flexibility index (Phi) is 3.86. The first-order valence-corrected chi connectivity index (χ1v) is 7.75. The number of amides is 1. The Bertz CT molecular complexity index is 773. The van der Waals surface area contributed by atoms with Gasteiger partial charge in [0.2, 0.25) is 0 Å². The third-order valence-corrected chi connectivity index (χ3v) is 4.33. The molecule has 7 heteroatoms. The molecule has 3 rings (SSSR count). The van der Waals surface area contributed by atoms with E-state index in [1.165, 1.54) is 4.90 Å². The summed E-state index contributed by atoms with van der Waals surface area (Å²) in [5.41, 5.74) is 5.39. The number of ether oxygens (including phenoxy) is 1. The number of anilines is 2. The lowest BCUT2D eigenvalue weighted by atomic mass is 10.0. The molecule has 0 atom stereocenters. The van der Waals surface area contributed by atoms with Gasteiger partial charge in [-0.1, -0.05) is 29.3 Å². The Balaban J connectivity index is 2.10. The summed E-state index contributed by atoms with van der Waals surface area (Å²) in [5.74, 6) is 0.923. The summed E-state index contributed by atoms with van der Waals surface area (Å²) in [6.07, 6.45) is 0. The number of nitrogens with two attached hydrogens (primary N) is 1. The van der Waals surface area contributed by atoms with Crippen LogP contribution < -0.4 is 15.4 Å². The molecule has 2 heterocycles. The van der Waals surface area contributed by atoms with Gasteiger partial charge in [0.15, 0.2) is 17.2 Å². The highest BCUT2D eigenvalue weighted by atomic mass is 35.5. The molecule has 5 nitrogen and oxygen atoms in total. The maximum absolute atomic E-state index is 12.8. The fraction of sp³-hybridized carbons (Fsp3) is 0.250. The fourth-order valence-corrected chi connectivity index (χ4v) is 2.97. The number of carbonyl (C=O) groups excluding carboxylic acids is 1. The molecule has 0 aliphatic carbocycles. The summed E-state index contributed by atoms with van der Waals surface area (Å²) >= 11 is 12.5. The van der Waals surface area contributed by atoms with Crippen molar-refractivity contribution in [2.45, 2.75) is 26.0 Å². The fourth-order valence-electron chi connectivity index (χ4n) is 2.45. The van der Waals surface area contributed by atoms with E-state index in [0.717, 1.165) is 0 Å². The van der Waals surface area contributed by atoms with Gasteiger partial charge in [-0.3, -0.25) is 9.69 Å². The monoisotopic (exact) mass is 351 g/mol. The summed E-state index contributed by atoms with van der Waals surface area (Å²) in [4.78, 5) is 18.5. The zero-order valence-electron chi connectivity index (χ0n) is 12.6. The number of benzene rings is 1. The van der Waals surface area contributed by atoms with Crippen molar-refractivity contribution in [1.82, 2.24) is 4.98 Å². The number of rotatable bonds is 2. The predicted molar refractivity (Wildman–Crippen MR) is 91.0 cm³/mol. The largest absolute Gasteiger partial charge is 0.474 e. The molecular weight excluding hydrogens is 337 g/mol. The SMILES string of the molecule is CC1(C)Oc2ccc(N)nc2N(Cc2c(Cl)cccc2Cl)C1=O. The molecule has 0 spiro atoms. The van der Waals surface area contributed by atoms with Crippen LogP contribution in [0.15, 0.2) is 30.3 Å². The highest BCUT2D eigenvalue weighted by molar-refractivity contribution is 6.36. The molecule has 2 aromatic rings. The predicted octanol–water partition coefficient (Wildman–Crippen LogP) is 3.67. The van der Waals surface area contributed by atoms with Crippen LogP contribution in [0.3, 0.4) is 0 Å². The minimum atomic E-state index is -1.02. The number of carbonyl (C=O) groups is 1. The van der Waals surface area contributed by atoms with Gasteiger partial charge in [0.1, 0.15) is 5.82 Å². The molecule has 0 unspecified atom stereocenters. The molecule has 1 aliphatic heterocycles. The number of nitrogens with zero attached hydrogens (tertiary/aromatic N) is 2. The van der Waals surface area contributed by atoms with Gasteiger partial charge in [0.05, 0.1) is 6.54 Å². The number of nitrogen functional groups attached to an aromatic ring is 1. The zero-order chi connectivity index (χ0) is 16.8. The molecule has 0 bridgehead atoms. The summed E-state index contributed by atoms with van der Waals surface area (Å²) in [5, 5.41) is 0.972. The number of aromatic nitrogens is 1. The normalized spacial score (nSPS) is 16.0. The van der Waals surface area contributed by atoms with Crippen molar-refractivity contribution >= 4 is 40.7 Å². The molecule has 0 saturated carbocycles. The first-order valence-electron chi connectivity index (χ1n) is 7.00. The van der Waals surface area contributed by atoms with Crippen molar-refractivity contribution in [2.24, 2.45) is 0 Å². The Morgan fingerprint density at radius 3 is 2.52 bits per heavy atom. The van der Waals surface area contributed by atoms with Crippen molar-refractivity contribution < 1.29 is 9.53 Å². The first kappa shape index (κ1) is 15.9. The minimum absolute atomic E-state index is 0.188. The number of hydrogen-bond donors (Lipinski definition) is 1. The summed E-state index contributed by atoms with van der Waals surface area (Å²) in [7, 11) is 0. The molecule has 0 saturated heterocycles. The maximum atomic E-state index is 12.8. The van der Waals surface area contributed by atoms with Crippen LogP contribution in [0.5, 0.6) is 5.75 Å². The molecule has 1 aromatic carbocycles. The van der Waals surface area contributed by atoms with Crippen LogP contribution in [0, 0.1) is 0 Å². The summed E-state index contributed by atoms with van der Waals surface area (Å²) in [6.45, 7) is 3.60. The summed E-state index contributed by atoms with van der Waals surface area (Å²) in [6, 6.07) is 8.54. The van der Waals surface area contributed by atoms with Gasteiger partial charge in [-0.15, -0.1) is 0 Å². The first-order chi connectivity index (χ1) is 10.8. The highest BCUT2D eigenvalue weighted by Gasteiger charge is 2.42. The quantitative estimate of drug-likeness (QED) is 0.895. The molecule has 1 aromatic heterocycles. The highest BCUT2D eigenvalue weighted by Crippen LogP contribution is 2.39. The Morgan fingerprint density at radius 1 is 1.22 bits per heavy atom. The Morgan fingerprint density at radius 2 is 1.87 bits per heavy atom. The Labute approximate surface area is 144 Å². The van der Waals surface area contributed by atoms with Crippen molar-refractivity contribution in [2.75, 3.05) is 10.6 Å². The van der Waals surface area contributed by atoms with E-state index in [4.69, 9.17) is 33.7 Å². The average molecular weight is 352 g/mol. The average Bonchev–Trinajstić information content (AvgIpc) is 2.47.